The molecule has 0 N–H and O–H groups in total. The van der Waals surface area contributed by atoms with Crippen molar-refractivity contribution < 1.29 is 13.2 Å². The third-order valence-corrected chi connectivity index (χ3v) is 7.09. The highest BCUT2D eigenvalue weighted by molar-refractivity contribution is 7.89. The molecule has 0 atom stereocenters. The highest BCUT2D eigenvalue weighted by Crippen LogP contribution is 2.34. The Kier molecular flexibility index (Phi) is 5.73. The van der Waals surface area contributed by atoms with E-state index in [1.54, 1.807) is 19.2 Å². The lowest BCUT2D eigenvalue weighted by atomic mass is 9.89. The standard InChI is InChI=1S/C18H26ClNO3S/c1-20(12-14-5-3-2-4-6-14)24(21,22)18-11-16(19)9-10-17(18)23-13-15-7-8-15/h9-11,14-15H,2-8,12-13H2,1H3. The summed E-state index contributed by atoms with van der Waals surface area (Å²) in [6.45, 7) is 1.15. The third-order valence-electron chi connectivity index (χ3n) is 5.01. The maximum Gasteiger partial charge on any atom is 0.246 e. The smallest absolute Gasteiger partial charge is 0.246 e. The molecular formula is C18H26ClNO3S. The van der Waals surface area contributed by atoms with Gasteiger partial charge in [0.25, 0.3) is 0 Å². The van der Waals surface area contributed by atoms with Crippen LogP contribution in [0.15, 0.2) is 23.1 Å². The first-order valence-corrected chi connectivity index (χ1v) is 10.7. The fraction of sp³-hybridized carbons (Fsp3) is 0.667. The van der Waals surface area contributed by atoms with E-state index in [0.29, 0.717) is 35.8 Å². The third kappa shape index (κ3) is 4.44. The maximum atomic E-state index is 13.0. The van der Waals surface area contributed by atoms with Crippen molar-refractivity contribution in [3.05, 3.63) is 23.2 Å². The summed E-state index contributed by atoms with van der Waals surface area (Å²) in [5.41, 5.74) is 0. The zero-order chi connectivity index (χ0) is 17.2. The molecule has 3 rings (SSSR count). The van der Waals surface area contributed by atoms with E-state index in [4.69, 9.17) is 16.3 Å². The first-order chi connectivity index (χ1) is 11.5. The van der Waals surface area contributed by atoms with E-state index in [9.17, 15) is 8.42 Å². The Hall–Kier alpha value is -0.780. The molecule has 1 aromatic rings. The summed E-state index contributed by atoms with van der Waals surface area (Å²) in [6, 6.07) is 4.87. The quantitative estimate of drug-likeness (QED) is 0.716. The highest BCUT2D eigenvalue weighted by Gasteiger charge is 2.29. The SMILES string of the molecule is CN(CC1CCCCC1)S(=O)(=O)c1cc(Cl)ccc1OCC1CC1. The molecule has 0 unspecified atom stereocenters. The van der Waals surface area contributed by atoms with Crippen LogP contribution >= 0.6 is 11.6 Å². The minimum absolute atomic E-state index is 0.189. The predicted octanol–water partition coefficient (Wildman–Crippen LogP) is 4.33. The monoisotopic (exact) mass is 371 g/mol. The summed E-state index contributed by atoms with van der Waals surface area (Å²) in [5.74, 6) is 1.44. The van der Waals surface area contributed by atoms with Gasteiger partial charge in [0.1, 0.15) is 10.6 Å². The van der Waals surface area contributed by atoms with Gasteiger partial charge >= 0.3 is 0 Å². The number of ether oxygens (including phenoxy) is 1. The van der Waals surface area contributed by atoms with E-state index in [0.717, 1.165) is 25.7 Å². The molecule has 2 fully saturated rings. The van der Waals surface area contributed by atoms with Crippen molar-refractivity contribution in [3.63, 3.8) is 0 Å². The molecule has 0 saturated heterocycles. The lowest BCUT2D eigenvalue weighted by molar-refractivity contribution is 0.286. The zero-order valence-corrected chi connectivity index (χ0v) is 15.8. The summed E-state index contributed by atoms with van der Waals surface area (Å²) in [6.07, 6.45) is 8.22. The lowest BCUT2D eigenvalue weighted by Gasteiger charge is -2.27. The van der Waals surface area contributed by atoms with E-state index in [-0.39, 0.29) is 4.90 Å². The van der Waals surface area contributed by atoms with E-state index in [1.165, 1.54) is 29.6 Å². The van der Waals surface area contributed by atoms with Crippen molar-refractivity contribution in [1.82, 2.24) is 4.31 Å². The summed E-state index contributed by atoms with van der Waals surface area (Å²) in [5, 5.41) is 0.415. The van der Waals surface area contributed by atoms with Gasteiger partial charge in [-0.25, -0.2) is 12.7 Å². The predicted molar refractivity (Wildman–Crippen MR) is 96.1 cm³/mol. The minimum Gasteiger partial charge on any atom is -0.492 e. The Morgan fingerprint density at radius 3 is 2.50 bits per heavy atom. The van der Waals surface area contributed by atoms with Gasteiger partial charge in [0.05, 0.1) is 6.61 Å². The topological polar surface area (TPSA) is 46.6 Å². The van der Waals surface area contributed by atoms with Crippen molar-refractivity contribution in [3.8, 4) is 5.75 Å². The molecule has 0 spiro atoms. The van der Waals surface area contributed by atoms with Gasteiger partial charge in [-0.1, -0.05) is 30.9 Å². The average molecular weight is 372 g/mol. The Balaban J connectivity index is 1.77. The average Bonchev–Trinajstić information content (AvgIpc) is 3.39. The van der Waals surface area contributed by atoms with Gasteiger partial charge in [0.15, 0.2) is 0 Å². The van der Waals surface area contributed by atoms with Crippen LogP contribution in [0.1, 0.15) is 44.9 Å². The summed E-state index contributed by atoms with van der Waals surface area (Å²) >= 11 is 6.06. The summed E-state index contributed by atoms with van der Waals surface area (Å²) < 4.78 is 33.3. The van der Waals surface area contributed by atoms with Crippen molar-refractivity contribution in [2.75, 3.05) is 20.2 Å². The second-order valence-electron chi connectivity index (χ2n) is 7.14. The van der Waals surface area contributed by atoms with Crippen LogP contribution in [-0.4, -0.2) is 32.9 Å². The fourth-order valence-electron chi connectivity index (χ4n) is 3.29. The second-order valence-corrected chi connectivity index (χ2v) is 9.58. The summed E-state index contributed by atoms with van der Waals surface area (Å²) in [4.78, 5) is 0.189. The molecule has 0 aromatic heterocycles. The van der Waals surface area contributed by atoms with Gasteiger partial charge in [-0.2, -0.15) is 0 Å². The van der Waals surface area contributed by atoms with E-state index in [1.807, 2.05) is 0 Å². The van der Waals surface area contributed by atoms with Crippen molar-refractivity contribution in [2.24, 2.45) is 11.8 Å². The van der Waals surface area contributed by atoms with Gasteiger partial charge < -0.3 is 4.74 Å². The number of nitrogens with zero attached hydrogens (tertiary/aromatic N) is 1. The van der Waals surface area contributed by atoms with Crippen LogP contribution in [0.5, 0.6) is 5.75 Å². The second kappa shape index (κ2) is 7.63. The number of rotatable bonds is 7. The van der Waals surface area contributed by atoms with Crippen molar-refractivity contribution in [1.29, 1.82) is 0 Å². The number of halogens is 1. The van der Waals surface area contributed by atoms with Crippen LogP contribution < -0.4 is 4.74 Å². The van der Waals surface area contributed by atoms with Crippen LogP contribution in [0.2, 0.25) is 5.02 Å². The Labute approximate surface area is 150 Å². The van der Waals surface area contributed by atoms with Crippen LogP contribution in [0.3, 0.4) is 0 Å². The number of benzene rings is 1. The molecule has 0 aliphatic heterocycles. The Bertz CT molecular complexity index is 667. The molecule has 2 saturated carbocycles. The van der Waals surface area contributed by atoms with Gasteiger partial charge in [-0.3, -0.25) is 0 Å². The number of sulfonamides is 1. The van der Waals surface area contributed by atoms with Crippen LogP contribution in [0.25, 0.3) is 0 Å². The van der Waals surface area contributed by atoms with Gasteiger partial charge in [-0.15, -0.1) is 0 Å². The highest BCUT2D eigenvalue weighted by atomic mass is 35.5. The van der Waals surface area contributed by atoms with Crippen LogP contribution in [-0.2, 0) is 10.0 Å². The first kappa shape index (κ1) is 18.0. The first-order valence-electron chi connectivity index (χ1n) is 8.85. The Morgan fingerprint density at radius 2 is 1.83 bits per heavy atom. The molecule has 0 amide bonds. The van der Waals surface area contributed by atoms with E-state index >= 15 is 0 Å². The largest absolute Gasteiger partial charge is 0.492 e. The van der Waals surface area contributed by atoms with Gasteiger partial charge in [0, 0.05) is 18.6 Å². The molecule has 2 aliphatic rings. The van der Waals surface area contributed by atoms with E-state index in [2.05, 4.69) is 0 Å². The van der Waals surface area contributed by atoms with Crippen LogP contribution in [0.4, 0.5) is 0 Å². The lowest BCUT2D eigenvalue weighted by Crippen LogP contribution is -2.33. The molecule has 2 aliphatic carbocycles. The van der Waals surface area contributed by atoms with E-state index < -0.39 is 10.0 Å². The molecular weight excluding hydrogens is 346 g/mol. The molecule has 1 aromatic carbocycles. The summed E-state index contributed by atoms with van der Waals surface area (Å²) in [7, 11) is -1.93. The molecule has 0 bridgehead atoms. The van der Waals surface area contributed by atoms with Crippen LogP contribution in [0, 0.1) is 11.8 Å². The van der Waals surface area contributed by atoms with Gasteiger partial charge in [-0.05, 0) is 55.7 Å². The Morgan fingerprint density at radius 1 is 1.12 bits per heavy atom. The maximum absolute atomic E-state index is 13.0. The molecule has 6 heteroatoms. The van der Waals surface area contributed by atoms with Crippen molar-refractivity contribution >= 4 is 21.6 Å². The van der Waals surface area contributed by atoms with Gasteiger partial charge in [0.2, 0.25) is 10.0 Å². The van der Waals surface area contributed by atoms with Crippen molar-refractivity contribution in [2.45, 2.75) is 49.8 Å². The number of hydrogen-bond acceptors (Lipinski definition) is 3. The molecule has 0 heterocycles. The number of hydrogen-bond donors (Lipinski definition) is 0. The minimum atomic E-state index is -3.60. The molecule has 134 valence electrons. The molecule has 0 radical (unpaired) electrons. The zero-order valence-electron chi connectivity index (χ0n) is 14.2. The fourth-order valence-corrected chi connectivity index (χ4v) is 4.93. The molecule has 4 nitrogen and oxygen atoms in total. The normalized spacial score (nSPS) is 19.6. The molecule has 24 heavy (non-hydrogen) atoms.